The van der Waals surface area contributed by atoms with Gasteiger partial charge in [0.2, 0.25) is 10.4 Å². The van der Waals surface area contributed by atoms with Gasteiger partial charge < -0.3 is 14.8 Å². The average molecular weight is 378 g/mol. The Morgan fingerprint density at radius 2 is 1.33 bits per heavy atom. The Labute approximate surface area is 168 Å². The van der Waals surface area contributed by atoms with Gasteiger partial charge in [0.05, 0.1) is 6.61 Å². The Balaban J connectivity index is -0.000000538. The molecule has 0 aromatic heterocycles. The predicted molar refractivity (Wildman–Crippen MR) is 86.8 cm³/mol. The number of rotatable bonds is 13. The maximum atomic E-state index is 10.1. The number of carboxylic acids is 1. The Morgan fingerprint density at radius 1 is 1.00 bits per heavy atom. The van der Waals surface area contributed by atoms with E-state index in [2.05, 4.69) is 11.1 Å². The predicted octanol–water partition coefficient (Wildman–Crippen LogP) is -0.160. The summed E-state index contributed by atoms with van der Waals surface area (Å²) in [6.45, 7) is 3.44. The van der Waals surface area contributed by atoms with Crippen molar-refractivity contribution in [2.45, 2.75) is 84.2 Å². The van der Waals surface area contributed by atoms with Gasteiger partial charge in [-0.2, -0.15) is 0 Å². The standard InChI is InChI=1S/C12H26O4S.C3H6O3.Na/c1-2-3-4-5-6-7-8-9-10-11-12-16-17(13,14)15;1-2(4)3(5)6;/h2-12H2,1H3,(H,13,14,15);2,4H,1H3,(H,5,6);/q;;+1/p-1. The largest absolute Gasteiger partial charge is 1.00 e. The molecule has 0 aliphatic rings. The molecule has 0 aliphatic carbocycles. The second kappa shape index (κ2) is 19.6. The Hall–Kier alpha value is 0.300. The van der Waals surface area contributed by atoms with E-state index in [-0.39, 0.29) is 36.2 Å². The minimum absolute atomic E-state index is 0. The van der Waals surface area contributed by atoms with Gasteiger partial charge in [0, 0.05) is 0 Å². The first-order valence-corrected chi connectivity index (χ1v) is 9.55. The van der Waals surface area contributed by atoms with E-state index < -0.39 is 22.5 Å². The molecule has 2 N–H and O–H groups in total. The molecule has 0 radical (unpaired) electrons. The van der Waals surface area contributed by atoms with Crippen molar-refractivity contribution in [3.8, 4) is 0 Å². The number of aliphatic hydroxyl groups excluding tert-OH is 1. The van der Waals surface area contributed by atoms with Gasteiger partial charge in [-0.25, -0.2) is 13.2 Å². The van der Waals surface area contributed by atoms with Crippen LogP contribution in [0.3, 0.4) is 0 Å². The van der Waals surface area contributed by atoms with Crippen molar-refractivity contribution in [3.05, 3.63) is 0 Å². The van der Waals surface area contributed by atoms with E-state index in [1.54, 1.807) is 0 Å². The molecular formula is C15H31NaO7S. The molecule has 0 saturated heterocycles. The molecule has 0 fully saturated rings. The Bertz CT molecular complexity index is 372. The molecule has 0 aromatic rings. The zero-order valence-electron chi connectivity index (χ0n) is 15.2. The fourth-order valence-electron chi connectivity index (χ4n) is 1.75. The first kappa shape index (κ1) is 29.1. The van der Waals surface area contributed by atoms with Gasteiger partial charge in [0.1, 0.15) is 6.10 Å². The monoisotopic (exact) mass is 378 g/mol. The van der Waals surface area contributed by atoms with Gasteiger partial charge >= 0.3 is 35.5 Å². The molecule has 9 heteroatoms. The van der Waals surface area contributed by atoms with Crippen LogP contribution in [0.15, 0.2) is 0 Å². The summed E-state index contributed by atoms with van der Waals surface area (Å²) in [5.74, 6) is -1.19. The minimum Gasteiger partial charge on any atom is -0.726 e. The van der Waals surface area contributed by atoms with Crippen LogP contribution in [0.4, 0.5) is 0 Å². The third kappa shape index (κ3) is 30.2. The molecule has 7 nitrogen and oxygen atoms in total. The van der Waals surface area contributed by atoms with Crippen LogP contribution in [0.25, 0.3) is 0 Å². The third-order valence-electron chi connectivity index (χ3n) is 3.08. The maximum absolute atomic E-state index is 10.1. The van der Waals surface area contributed by atoms with Crippen LogP contribution in [-0.2, 0) is 19.4 Å². The van der Waals surface area contributed by atoms with E-state index >= 15 is 0 Å². The van der Waals surface area contributed by atoms with Crippen molar-refractivity contribution in [2.75, 3.05) is 6.61 Å². The van der Waals surface area contributed by atoms with Crippen LogP contribution >= 0.6 is 0 Å². The van der Waals surface area contributed by atoms with Gasteiger partial charge in [0.15, 0.2) is 0 Å². The summed E-state index contributed by atoms with van der Waals surface area (Å²) >= 11 is 0. The first-order chi connectivity index (χ1) is 10.7. The molecule has 0 aromatic carbocycles. The minimum atomic E-state index is -4.48. The van der Waals surface area contributed by atoms with Crippen molar-refractivity contribution >= 4 is 16.4 Å². The van der Waals surface area contributed by atoms with Crippen LogP contribution in [0, 0.1) is 0 Å². The molecule has 1 unspecified atom stereocenters. The van der Waals surface area contributed by atoms with E-state index in [0.717, 1.165) is 12.8 Å². The topological polar surface area (TPSA) is 124 Å². The quantitative estimate of drug-likeness (QED) is 0.197. The summed E-state index contributed by atoms with van der Waals surface area (Å²) in [7, 11) is -4.48. The van der Waals surface area contributed by atoms with E-state index in [4.69, 9.17) is 10.2 Å². The molecule has 24 heavy (non-hydrogen) atoms. The second-order valence-electron chi connectivity index (χ2n) is 5.43. The first-order valence-electron chi connectivity index (χ1n) is 8.21. The number of carboxylic acid groups (broad SMARTS) is 1. The number of aliphatic hydroxyl groups is 1. The van der Waals surface area contributed by atoms with Crippen molar-refractivity contribution in [3.63, 3.8) is 0 Å². The molecule has 0 amide bonds. The van der Waals surface area contributed by atoms with Gasteiger partial charge in [0.25, 0.3) is 0 Å². The molecule has 0 rings (SSSR count). The number of unbranched alkanes of at least 4 members (excludes halogenated alkanes) is 9. The van der Waals surface area contributed by atoms with Crippen LogP contribution in [-0.4, -0.2) is 41.9 Å². The van der Waals surface area contributed by atoms with E-state index in [1.165, 1.54) is 51.9 Å². The van der Waals surface area contributed by atoms with Gasteiger partial charge in [-0.3, -0.25) is 4.18 Å². The number of aliphatic carboxylic acids is 1. The molecule has 140 valence electrons. The van der Waals surface area contributed by atoms with E-state index in [9.17, 15) is 17.8 Å². The number of carbonyl (C=O) groups is 1. The molecule has 1 atom stereocenters. The molecular weight excluding hydrogens is 347 g/mol. The van der Waals surface area contributed by atoms with Crippen LogP contribution < -0.4 is 29.6 Å². The zero-order valence-corrected chi connectivity index (χ0v) is 18.0. The number of hydrogen-bond acceptors (Lipinski definition) is 6. The summed E-state index contributed by atoms with van der Waals surface area (Å²) < 4.78 is 34.5. The second-order valence-corrected chi connectivity index (χ2v) is 6.48. The number of hydrogen-bond donors (Lipinski definition) is 2. The summed E-state index contributed by atoms with van der Waals surface area (Å²) in [6.07, 6.45) is 10.5. The molecule has 0 bridgehead atoms. The fourth-order valence-corrected chi connectivity index (χ4v) is 2.07. The van der Waals surface area contributed by atoms with E-state index in [0.29, 0.717) is 6.42 Å². The average Bonchev–Trinajstić information content (AvgIpc) is 2.44. The summed E-state index contributed by atoms with van der Waals surface area (Å²) in [5, 5.41) is 15.8. The van der Waals surface area contributed by atoms with Crippen LogP contribution in [0.1, 0.15) is 78.1 Å². The molecule has 0 spiro atoms. The third-order valence-corrected chi connectivity index (χ3v) is 3.54. The van der Waals surface area contributed by atoms with Gasteiger partial charge in [-0.1, -0.05) is 64.7 Å². The van der Waals surface area contributed by atoms with Crippen LogP contribution in [0.2, 0.25) is 0 Å². The summed E-state index contributed by atoms with van der Waals surface area (Å²) in [6, 6.07) is 0. The molecule has 0 saturated carbocycles. The maximum Gasteiger partial charge on any atom is 1.00 e. The van der Waals surface area contributed by atoms with Gasteiger partial charge in [-0.05, 0) is 13.3 Å². The molecule has 0 aliphatic heterocycles. The van der Waals surface area contributed by atoms with Crippen molar-refractivity contribution in [2.24, 2.45) is 0 Å². The van der Waals surface area contributed by atoms with Crippen LogP contribution in [0.5, 0.6) is 0 Å². The fraction of sp³-hybridized carbons (Fsp3) is 0.933. The van der Waals surface area contributed by atoms with Crippen molar-refractivity contribution < 1.29 is 61.7 Å². The molecule has 0 heterocycles. The zero-order chi connectivity index (χ0) is 18.1. The van der Waals surface area contributed by atoms with E-state index in [1.807, 2.05) is 0 Å². The summed E-state index contributed by atoms with van der Waals surface area (Å²) in [4.78, 5) is 9.45. The Morgan fingerprint density at radius 3 is 1.62 bits per heavy atom. The van der Waals surface area contributed by atoms with Crippen molar-refractivity contribution in [1.29, 1.82) is 0 Å². The normalized spacial score (nSPS) is 11.8. The SMILES string of the molecule is CC(O)C(=O)O.CCCCCCCCCCCCOS(=O)(=O)[O-].[Na+]. The van der Waals surface area contributed by atoms with Crippen molar-refractivity contribution in [1.82, 2.24) is 0 Å². The Kier molecular flexibility index (Phi) is 23.8. The summed E-state index contributed by atoms with van der Waals surface area (Å²) in [5.41, 5.74) is 0. The van der Waals surface area contributed by atoms with Gasteiger partial charge in [-0.15, -0.1) is 0 Å². The smallest absolute Gasteiger partial charge is 0.726 e.